The summed E-state index contributed by atoms with van der Waals surface area (Å²) >= 11 is 2.91. The van der Waals surface area contributed by atoms with Gasteiger partial charge in [0.2, 0.25) is 5.91 Å². The van der Waals surface area contributed by atoms with Gasteiger partial charge in [0, 0.05) is 22.7 Å². The van der Waals surface area contributed by atoms with Crippen molar-refractivity contribution in [1.82, 2.24) is 19.7 Å². The van der Waals surface area contributed by atoms with E-state index in [-0.39, 0.29) is 23.5 Å². The number of thioether (sulfide) groups is 1. The molecule has 1 amide bonds. The third-order valence-corrected chi connectivity index (χ3v) is 6.80. The van der Waals surface area contributed by atoms with Gasteiger partial charge in [0.15, 0.2) is 11.0 Å². The fourth-order valence-corrected chi connectivity index (χ4v) is 4.87. The van der Waals surface area contributed by atoms with E-state index < -0.39 is 0 Å². The largest absolute Gasteiger partial charge is 0.325 e. The van der Waals surface area contributed by atoms with Crippen molar-refractivity contribution < 1.29 is 9.18 Å². The van der Waals surface area contributed by atoms with Gasteiger partial charge in [0.25, 0.3) is 0 Å². The lowest BCUT2D eigenvalue weighted by atomic mass is 10.1. The summed E-state index contributed by atoms with van der Waals surface area (Å²) in [5, 5.41) is 15.1. The lowest BCUT2D eigenvalue weighted by Crippen LogP contribution is -2.14. The molecule has 2 heterocycles. The van der Waals surface area contributed by atoms with Crippen molar-refractivity contribution in [1.29, 1.82) is 0 Å². The Morgan fingerprint density at radius 3 is 2.81 bits per heavy atom. The molecule has 0 saturated heterocycles. The second-order valence-corrected chi connectivity index (χ2v) is 9.56. The average Bonchev–Trinajstić information content (AvgIpc) is 3.39. The Kier molecular flexibility index (Phi) is 5.75. The van der Waals surface area contributed by atoms with Crippen LogP contribution in [0.2, 0.25) is 0 Å². The number of benzene rings is 2. The van der Waals surface area contributed by atoms with Crippen LogP contribution in [0.4, 0.5) is 10.1 Å². The summed E-state index contributed by atoms with van der Waals surface area (Å²) < 4.78 is 16.3. The number of aromatic nitrogens is 4. The van der Waals surface area contributed by atoms with Crippen LogP contribution in [-0.4, -0.2) is 31.4 Å². The van der Waals surface area contributed by atoms with Gasteiger partial charge in [0.05, 0.1) is 22.0 Å². The number of hydrogen-bond donors (Lipinski definition) is 1. The van der Waals surface area contributed by atoms with Crippen LogP contribution in [0.5, 0.6) is 0 Å². The second kappa shape index (κ2) is 8.84. The number of halogens is 1. The lowest BCUT2D eigenvalue weighted by Gasteiger charge is -2.10. The third-order valence-electron chi connectivity index (χ3n) is 5.08. The van der Waals surface area contributed by atoms with E-state index in [0.717, 1.165) is 34.8 Å². The number of carbonyl (C=O) groups is 1. The minimum atomic E-state index is -0.328. The molecule has 2 aromatic carbocycles. The van der Waals surface area contributed by atoms with Gasteiger partial charge >= 0.3 is 0 Å². The number of anilines is 1. The van der Waals surface area contributed by atoms with Crippen molar-refractivity contribution in [2.24, 2.45) is 0 Å². The highest BCUT2D eigenvalue weighted by atomic mass is 32.2. The summed E-state index contributed by atoms with van der Waals surface area (Å²) in [4.78, 5) is 17.1. The van der Waals surface area contributed by atoms with E-state index in [1.165, 1.54) is 17.8 Å². The van der Waals surface area contributed by atoms with E-state index >= 15 is 0 Å². The topological polar surface area (TPSA) is 72.7 Å². The zero-order valence-corrected chi connectivity index (χ0v) is 18.9. The molecule has 5 rings (SSSR count). The molecule has 6 nitrogen and oxygen atoms in total. The molecule has 1 N–H and O–H groups in total. The van der Waals surface area contributed by atoms with Gasteiger partial charge in [-0.1, -0.05) is 36.0 Å². The van der Waals surface area contributed by atoms with Gasteiger partial charge in [-0.2, -0.15) is 0 Å². The monoisotopic (exact) mass is 465 g/mol. The Hall–Kier alpha value is -3.04. The first-order chi connectivity index (χ1) is 15.6. The third kappa shape index (κ3) is 4.44. The number of aryl methyl sites for hydroxylation is 1. The number of thiazole rings is 1. The number of carbonyl (C=O) groups excluding carboxylic acids is 1. The number of nitrogens with zero attached hydrogens (tertiary/aromatic N) is 4. The zero-order chi connectivity index (χ0) is 22.1. The molecule has 0 bridgehead atoms. The number of amides is 1. The zero-order valence-electron chi connectivity index (χ0n) is 17.3. The Labute approximate surface area is 192 Å². The highest BCUT2D eigenvalue weighted by Crippen LogP contribution is 2.41. The van der Waals surface area contributed by atoms with Crippen molar-refractivity contribution in [2.75, 3.05) is 11.1 Å². The maximum absolute atomic E-state index is 14.3. The predicted molar refractivity (Wildman–Crippen MR) is 125 cm³/mol. The molecular formula is C23H20FN5OS2. The van der Waals surface area contributed by atoms with E-state index in [4.69, 9.17) is 0 Å². The highest BCUT2D eigenvalue weighted by molar-refractivity contribution is 7.99. The molecule has 0 radical (unpaired) electrons. The van der Waals surface area contributed by atoms with Crippen LogP contribution in [0.25, 0.3) is 22.6 Å². The summed E-state index contributed by atoms with van der Waals surface area (Å²) in [7, 11) is 0. The molecule has 1 aliphatic rings. The fourth-order valence-electron chi connectivity index (χ4n) is 3.44. The molecule has 162 valence electrons. The van der Waals surface area contributed by atoms with Crippen molar-refractivity contribution in [3.63, 3.8) is 0 Å². The predicted octanol–water partition coefficient (Wildman–Crippen LogP) is 5.58. The molecule has 9 heteroatoms. The van der Waals surface area contributed by atoms with E-state index in [1.807, 2.05) is 41.1 Å². The van der Waals surface area contributed by atoms with Crippen molar-refractivity contribution in [3.8, 4) is 22.6 Å². The summed E-state index contributed by atoms with van der Waals surface area (Å²) in [5.41, 5.74) is 3.01. The Morgan fingerprint density at radius 1 is 1.22 bits per heavy atom. The van der Waals surface area contributed by atoms with Crippen LogP contribution in [-0.2, 0) is 4.79 Å². The van der Waals surface area contributed by atoms with Crippen molar-refractivity contribution in [2.45, 2.75) is 31.0 Å². The number of hydrogen-bond acceptors (Lipinski definition) is 6. The van der Waals surface area contributed by atoms with Gasteiger partial charge in [-0.15, -0.1) is 21.5 Å². The quantitative estimate of drug-likeness (QED) is 0.361. The normalized spacial score (nSPS) is 13.3. The van der Waals surface area contributed by atoms with Gasteiger partial charge < -0.3 is 5.32 Å². The molecular weight excluding hydrogens is 445 g/mol. The highest BCUT2D eigenvalue weighted by Gasteiger charge is 2.31. The van der Waals surface area contributed by atoms with E-state index in [2.05, 4.69) is 20.5 Å². The van der Waals surface area contributed by atoms with Crippen LogP contribution in [0.15, 0.2) is 59.1 Å². The molecule has 0 atom stereocenters. The van der Waals surface area contributed by atoms with Gasteiger partial charge in [-0.3, -0.25) is 9.36 Å². The van der Waals surface area contributed by atoms with Crippen LogP contribution in [0, 0.1) is 12.7 Å². The smallest absolute Gasteiger partial charge is 0.234 e. The molecule has 1 aliphatic carbocycles. The standard InChI is InChI=1S/C23H20FN5OS2/c1-14-25-20(12-31-14)15-5-4-6-16(11-15)26-21(30)13-32-23-28-27-22(29(23)17-9-10-17)18-7-2-3-8-19(18)24/h2-8,11-12,17H,9-10,13H2,1H3,(H,26,30). The lowest BCUT2D eigenvalue weighted by molar-refractivity contribution is -0.113. The van der Waals surface area contributed by atoms with Gasteiger partial charge in [0.1, 0.15) is 5.82 Å². The maximum Gasteiger partial charge on any atom is 0.234 e. The fraction of sp³-hybridized carbons (Fsp3) is 0.217. The molecule has 1 saturated carbocycles. The maximum atomic E-state index is 14.3. The van der Waals surface area contributed by atoms with Crippen molar-refractivity contribution >= 4 is 34.7 Å². The second-order valence-electron chi connectivity index (χ2n) is 7.56. The summed E-state index contributed by atoms with van der Waals surface area (Å²) in [6, 6.07) is 14.5. The molecule has 4 aromatic rings. The van der Waals surface area contributed by atoms with E-state index in [0.29, 0.717) is 16.5 Å². The van der Waals surface area contributed by atoms with Crippen molar-refractivity contribution in [3.05, 3.63) is 64.7 Å². The summed E-state index contributed by atoms with van der Waals surface area (Å²) in [6.45, 7) is 1.97. The summed E-state index contributed by atoms with van der Waals surface area (Å²) in [5.74, 6) is 0.229. The first kappa shape index (κ1) is 20.8. The van der Waals surface area contributed by atoms with Crippen LogP contribution >= 0.6 is 23.1 Å². The minimum Gasteiger partial charge on any atom is -0.325 e. The summed E-state index contributed by atoms with van der Waals surface area (Å²) in [6.07, 6.45) is 2.00. The number of rotatable bonds is 7. The Bertz CT molecular complexity index is 1280. The van der Waals surface area contributed by atoms with Crippen LogP contribution in [0.3, 0.4) is 0 Å². The average molecular weight is 466 g/mol. The van der Waals surface area contributed by atoms with E-state index in [1.54, 1.807) is 29.5 Å². The van der Waals surface area contributed by atoms with E-state index in [9.17, 15) is 9.18 Å². The number of nitrogens with one attached hydrogen (secondary N) is 1. The SMILES string of the molecule is Cc1nc(-c2cccc(NC(=O)CSc3nnc(-c4ccccc4F)n3C3CC3)c2)cs1. The molecule has 1 fully saturated rings. The van der Waals surface area contributed by atoms with Crippen LogP contribution in [0.1, 0.15) is 23.9 Å². The van der Waals surface area contributed by atoms with Crippen LogP contribution < -0.4 is 5.32 Å². The first-order valence-corrected chi connectivity index (χ1v) is 12.1. The minimum absolute atomic E-state index is 0.139. The molecule has 0 aliphatic heterocycles. The Morgan fingerprint density at radius 2 is 2.06 bits per heavy atom. The molecule has 0 unspecified atom stereocenters. The van der Waals surface area contributed by atoms with Gasteiger partial charge in [-0.25, -0.2) is 9.37 Å². The first-order valence-electron chi connectivity index (χ1n) is 10.2. The van der Waals surface area contributed by atoms with Gasteiger partial charge in [-0.05, 0) is 44.0 Å². The molecule has 2 aromatic heterocycles. The molecule has 0 spiro atoms. The molecule has 32 heavy (non-hydrogen) atoms. The Balaban J connectivity index is 1.29.